The van der Waals surface area contributed by atoms with Gasteiger partial charge in [-0.3, -0.25) is 4.79 Å². The summed E-state index contributed by atoms with van der Waals surface area (Å²) in [5.74, 6) is 0. The van der Waals surface area contributed by atoms with Gasteiger partial charge < -0.3 is 8.97 Å². The van der Waals surface area contributed by atoms with E-state index >= 15 is 0 Å². The lowest BCUT2D eigenvalue weighted by molar-refractivity contribution is 0.752. The SMILES string of the molecule is Cn1c(CCC#N)cn2cccc2c1=O. The van der Waals surface area contributed by atoms with Crippen molar-refractivity contribution in [1.29, 1.82) is 5.26 Å². The van der Waals surface area contributed by atoms with Crippen LogP contribution in [0.3, 0.4) is 0 Å². The number of rotatable bonds is 2. The van der Waals surface area contributed by atoms with Crippen LogP contribution in [0, 0.1) is 11.3 Å². The largest absolute Gasteiger partial charge is 0.317 e. The van der Waals surface area contributed by atoms with Gasteiger partial charge in [0.2, 0.25) is 0 Å². The van der Waals surface area contributed by atoms with Gasteiger partial charge in [0.05, 0.1) is 6.07 Å². The summed E-state index contributed by atoms with van der Waals surface area (Å²) in [7, 11) is 1.74. The molecule has 0 atom stereocenters. The third kappa shape index (κ3) is 1.52. The highest BCUT2D eigenvalue weighted by molar-refractivity contribution is 5.45. The van der Waals surface area contributed by atoms with Gasteiger partial charge in [-0.15, -0.1) is 0 Å². The summed E-state index contributed by atoms with van der Waals surface area (Å²) in [6, 6.07) is 5.71. The van der Waals surface area contributed by atoms with Crippen LogP contribution < -0.4 is 5.56 Å². The van der Waals surface area contributed by atoms with E-state index in [4.69, 9.17) is 5.26 Å². The molecule has 15 heavy (non-hydrogen) atoms. The zero-order valence-corrected chi connectivity index (χ0v) is 8.47. The molecule has 0 unspecified atom stereocenters. The molecule has 0 fully saturated rings. The van der Waals surface area contributed by atoms with Crippen molar-refractivity contribution in [2.45, 2.75) is 12.8 Å². The molecular formula is C11H11N3O. The maximum atomic E-state index is 11.8. The van der Waals surface area contributed by atoms with E-state index in [1.54, 1.807) is 22.1 Å². The van der Waals surface area contributed by atoms with Gasteiger partial charge in [0, 0.05) is 38.0 Å². The van der Waals surface area contributed by atoms with Gasteiger partial charge in [0.15, 0.2) is 0 Å². The second-order valence-electron chi connectivity index (χ2n) is 3.44. The fraction of sp³-hybridized carbons (Fsp3) is 0.273. The van der Waals surface area contributed by atoms with E-state index in [-0.39, 0.29) is 5.56 Å². The third-order valence-electron chi connectivity index (χ3n) is 2.51. The summed E-state index contributed by atoms with van der Waals surface area (Å²) >= 11 is 0. The van der Waals surface area contributed by atoms with Crippen molar-refractivity contribution in [3.63, 3.8) is 0 Å². The molecule has 0 radical (unpaired) electrons. The van der Waals surface area contributed by atoms with Crippen LogP contribution in [-0.2, 0) is 13.5 Å². The van der Waals surface area contributed by atoms with Gasteiger partial charge in [0.1, 0.15) is 5.52 Å². The first-order chi connectivity index (χ1) is 7.24. The molecule has 2 rings (SSSR count). The number of hydrogen-bond donors (Lipinski definition) is 0. The van der Waals surface area contributed by atoms with Gasteiger partial charge in [0.25, 0.3) is 5.56 Å². The monoisotopic (exact) mass is 201 g/mol. The summed E-state index contributed by atoms with van der Waals surface area (Å²) < 4.78 is 3.40. The molecule has 2 heterocycles. The zero-order valence-electron chi connectivity index (χ0n) is 8.47. The molecule has 0 aliphatic heterocycles. The summed E-state index contributed by atoms with van der Waals surface area (Å²) in [6.45, 7) is 0. The Hall–Kier alpha value is -2.02. The molecule has 0 N–H and O–H groups in total. The molecule has 4 nitrogen and oxygen atoms in total. The molecule has 0 aromatic carbocycles. The quantitative estimate of drug-likeness (QED) is 0.730. The van der Waals surface area contributed by atoms with Crippen molar-refractivity contribution in [1.82, 2.24) is 8.97 Å². The maximum Gasteiger partial charge on any atom is 0.274 e. The van der Waals surface area contributed by atoms with Crippen LogP contribution in [0.25, 0.3) is 5.52 Å². The van der Waals surface area contributed by atoms with Gasteiger partial charge >= 0.3 is 0 Å². The molecule has 0 spiro atoms. The van der Waals surface area contributed by atoms with Crippen molar-refractivity contribution in [3.8, 4) is 6.07 Å². The minimum absolute atomic E-state index is 0.0181. The fourth-order valence-corrected chi connectivity index (χ4v) is 1.65. The Morgan fingerprint density at radius 3 is 3.07 bits per heavy atom. The zero-order chi connectivity index (χ0) is 10.8. The molecule has 0 aliphatic carbocycles. The minimum Gasteiger partial charge on any atom is -0.317 e. The number of aromatic nitrogens is 2. The van der Waals surface area contributed by atoms with Crippen LogP contribution in [0.5, 0.6) is 0 Å². The Morgan fingerprint density at radius 2 is 2.33 bits per heavy atom. The lowest BCUT2D eigenvalue weighted by Gasteiger charge is -2.07. The van der Waals surface area contributed by atoms with Crippen molar-refractivity contribution >= 4 is 5.52 Å². The summed E-state index contributed by atoms with van der Waals surface area (Å²) in [5, 5.41) is 8.52. The van der Waals surface area contributed by atoms with E-state index in [1.807, 2.05) is 18.5 Å². The number of aryl methyl sites for hydroxylation is 1. The highest BCUT2D eigenvalue weighted by atomic mass is 16.1. The normalized spacial score (nSPS) is 10.4. The average molecular weight is 201 g/mol. The van der Waals surface area contributed by atoms with Crippen molar-refractivity contribution in [3.05, 3.63) is 40.6 Å². The molecule has 0 bridgehead atoms. The standard InChI is InChI=1S/C11H11N3O/c1-13-9(4-2-6-12)8-14-7-3-5-10(14)11(13)15/h3,5,7-8H,2,4H2,1H3. The molecule has 2 aromatic rings. The molecule has 0 saturated carbocycles. The molecule has 4 heteroatoms. The molecule has 0 saturated heterocycles. The van der Waals surface area contributed by atoms with Crippen LogP contribution in [0.4, 0.5) is 0 Å². The maximum absolute atomic E-state index is 11.8. The Balaban J connectivity index is 2.61. The van der Waals surface area contributed by atoms with Crippen LogP contribution >= 0.6 is 0 Å². The van der Waals surface area contributed by atoms with Crippen molar-refractivity contribution in [2.75, 3.05) is 0 Å². The van der Waals surface area contributed by atoms with Gasteiger partial charge in [-0.25, -0.2) is 0 Å². The van der Waals surface area contributed by atoms with Gasteiger partial charge in [-0.1, -0.05) is 0 Å². The molecule has 2 aromatic heterocycles. The van der Waals surface area contributed by atoms with Gasteiger partial charge in [-0.2, -0.15) is 5.26 Å². The predicted octanol–water partition coefficient (Wildman–Crippen LogP) is 1.09. The third-order valence-corrected chi connectivity index (χ3v) is 2.51. The minimum atomic E-state index is -0.0181. The van der Waals surface area contributed by atoms with Crippen LogP contribution in [0.2, 0.25) is 0 Å². The highest BCUT2D eigenvalue weighted by Crippen LogP contribution is 2.04. The van der Waals surface area contributed by atoms with E-state index in [9.17, 15) is 4.79 Å². The van der Waals surface area contributed by atoms with Crippen LogP contribution in [0.1, 0.15) is 12.1 Å². The second-order valence-corrected chi connectivity index (χ2v) is 3.44. The highest BCUT2D eigenvalue weighted by Gasteiger charge is 2.05. The lowest BCUT2D eigenvalue weighted by atomic mass is 10.2. The van der Waals surface area contributed by atoms with Crippen LogP contribution in [0.15, 0.2) is 29.3 Å². The number of nitrogens with zero attached hydrogens (tertiary/aromatic N) is 3. The smallest absolute Gasteiger partial charge is 0.274 e. The van der Waals surface area contributed by atoms with E-state index in [1.165, 1.54) is 0 Å². The van der Waals surface area contributed by atoms with Crippen molar-refractivity contribution < 1.29 is 0 Å². The van der Waals surface area contributed by atoms with Crippen LogP contribution in [-0.4, -0.2) is 8.97 Å². The average Bonchev–Trinajstić information content (AvgIpc) is 2.69. The number of fused-ring (bicyclic) bond motifs is 1. The lowest BCUT2D eigenvalue weighted by Crippen LogP contribution is -2.22. The Kier molecular flexibility index (Phi) is 2.30. The van der Waals surface area contributed by atoms with E-state index in [2.05, 4.69) is 6.07 Å². The predicted molar refractivity (Wildman–Crippen MR) is 56.6 cm³/mol. The Morgan fingerprint density at radius 1 is 1.53 bits per heavy atom. The summed E-state index contributed by atoms with van der Waals surface area (Å²) in [6.07, 6.45) is 4.77. The Bertz CT molecular complexity index is 586. The summed E-state index contributed by atoms with van der Waals surface area (Å²) in [4.78, 5) is 11.8. The first kappa shape index (κ1) is 9.53. The number of nitriles is 1. The summed E-state index contributed by atoms with van der Waals surface area (Å²) in [5.41, 5.74) is 1.53. The molecule has 76 valence electrons. The van der Waals surface area contributed by atoms with E-state index in [0.717, 1.165) is 5.69 Å². The topological polar surface area (TPSA) is 50.2 Å². The fourth-order valence-electron chi connectivity index (χ4n) is 1.65. The van der Waals surface area contributed by atoms with E-state index < -0.39 is 0 Å². The molecular weight excluding hydrogens is 190 g/mol. The van der Waals surface area contributed by atoms with Gasteiger partial charge in [-0.05, 0) is 12.1 Å². The Labute approximate surface area is 87.0 Å². The second kappa shape index (κ2) is 3.62. The number of hydrogen-bond acceptors (Lipinski definition) is 2. The molecule has 0 aliphatic rings. The first-order valence-corrected chi connectivity index (χ1v) is 4.76. The first-order valence-electron chi connectivity index (χ1n) is 4.76. The molecule has 0 amide bonds. The van der Waals surface area contributed by atoms with E-state index in [0.29, 0.717) is 18.4 Å². The van der Waals surface area contributed by atoms with Crippen molar-refractivity contribution in [2.24, 2.45) is 7.05 Å².